The zero-order valence-electron chi connectivity index (χ0n) is 11.8. The molecule has 1 fully saturated rings. The summed E-state index contributed by atoms with van der Waals surface area (Å²) in [6.07, 6.45) is 2.52. The first-order valence-electron chi connectivity index (χ1n) is 7.06. The molecule has 102 valence electrons. The van der Waals surface area contributed by atoms with Gasteiger partial charge in [-0.3, -0.25) is 4.90 Å². The molecule has 2 aromatic rings. The first-order chi connectivity index (χ1) is 9.12. The molecule has 1 aromatic carbocycles. The van der Waals surface area contributed by atoms with Crippen LogP contribution in [0.4, 0.5) is 0 Å². The van der Waals surface area contributed by atoms with E-state index in [9.17, 15) is 0 Å². The van der Waals surface area contributed by atoms with Gasteiger partial charge >= 0.3 is 0 Å². The SMILES string of the molecule is CC1(C)CCCN1Cc1oc2ccccc2c1CN. The maximum atomic E-state index is 6.02. The van der Waals surface area contributed by atoms with Crippen molar-refractivity contribution >= 4 is 11.0 Å². The van der Waals surface area contributed by atoms with E-state index in [0.29, 0.717) is 6.54 Å². The van der Waals surface area contributed by atoms with Crippen LogP contribution in [-0.2, 0) is 13.1 Å². The molecular formula is C16H22N2O. The van der Waals surface area contributed by atoms with Crippen molar-refractivity contribution in [2.75, 3.05) is 6.54 Å². The van der Waals surface area contributed by atoms with E-state index in [1.54, 1.807) is 0 Å². The number of benzene rings is 1. The van der Waals surface area contributed by atoms with Gasteiger partial charge < -0.3 is 10.2 Å². The predicted octanol–water partition coefficient (Wildman–Crippen LogP) is 3.27. The lowest BCUT2D eigenvalue weighted by Crippen LogP contribution is -2.37. The second-order valence-electron chi connectivity index (χ2n) is 6.04. The van der Waals surface area contributed by atoms with E-state index in [0.717, 1.165) is 29.8 Å². The quantitative estimate of drug-likeness (QED) is 0.918. The van der Waals surface area contributed by atoms with E-state index >= 15 is 0 Å². The third kappa shape index (κ3) is 2.17. The van der Waals surface area contributed by atoms with Crippen molar-refractivity contribution in [3.8, 4) is 0 Å². The van der Waals surface area contributed by atoms with Crippen LogP contribution in [-0.4, -0.2) is 17.0 Å². The Morgan fingerprint density at radius 3 is 2.79 bits per heavy atom. The fourth-order valence-electron chi connectivity index (χ4n) is 3.13. The summed E-state index contributed by atoms with van der Waals surface area (Å²) in [6, 6.07) is 8.17. The molecule has 0 aliphatic carbocycles. The molecule has 0 spiro atoms. The molecule has 1 aromatic heterocycles. The van der Waals surface area contributed by atoms with Gasteiger partial charge in [0.05, 0.1) is 6.54 Å². The fourth-order valence-corrected chi connectivity index (χ4v) is 3.13. The summed E-state index contributed by atoms with van der Waals surface area (Å²) >= 11 is 0. The Morgan fingerprint density at radius 2 is 2.11 bits per heavy atom. The van der Waals surface area contributed by atoms with Crippen molar-refractivity contribution in [2.24, 2.45) is 5.73 Å². The highest BCUT2D eigenvalue weighted by Gasteiger charge is 2.32. The van der Waals surface area contributed by atoms with Crippen LogP contribution < -0.4 is 5.73 Å². The average Bonchev–Trinajstić information content (AvgIpc) is 2.90. The highest BCUT2D eigenvalue weighted by molar-refractivity contribution is 5.82. The van der Waals surface area contributed by atoms with Crippen LogP contribution in [0.5, 0.6) is 0 Å². The van der Waals surface area contributed by atoms with Crippen LogP contribution in [0, 0.1) is 0 Å². The van der Waals surface area contributed by atoms with E-state index in [-0.39, 0.29) is 5.54 Å². The van der Waals surface area contributed by atoms with E-state index < -0.39 is 0 Å². The molecule has 1 aliphatic heterocycles. The van der Waals surface area contributed by atoms with Crippen LogP contribution in [0.15, 0.2) is 28.7 Å². The zero-order valence-corrected chi connectivity index (χ0v) is 11.8. The maximum Gasteiger partial charge on any atom is 0.134 e. The molecule has 2 N–H and O–H groups in total. The second-order valence-corrected chi connectivity index (χ2v) is 6.04. The van der Waals surface area contributed by atoms with E-state index in [1.807, 2.05) is 18.2 Å². The largest absolute Gasteiger partial charge is 0.459 e. The zero-order chi connectivity index (χ0) is 13.5. The molecule has 2 heterocycles. The first kappa shape index (κ1) is 12.7. The van der Waals surface area contributed by atoms with Crippen LogP contribution >= 0.6 is 0 Å². The number of nitrogens with zero attached hydrogens (tertiary/aromatic N) is 1. The molecule has 1 aliphatic rings. The smallest absolute Gasteiger partial charge is 0.134 e. The molecule has 0 atom stereocenters. The number of hydrogen-bond acceptors (Lipinski definition) is 3. The summed E-state index contributed by atoms with van der Waals surface area (Å²) in [4.78, 5) is 2.50. The summed E-state index contributed by atoms with van der Waals surface area (Å²) in [5, 5.41) is 1.16. The molecule has 0 bridgehead atoms. The Morgan fingerprint density at radius 1 is 1.32 bits per heavy atom. The van der Waals surface area contributed by atoms with Gasteiger partial charge in [0.15, 0.2) is 0 Å². The predicted molar refractivity (Wildman–Crippen MR) is 77.8 cm³/mol. The van der Waals surface area contributed by atoms with Gasteiger partial charge in [0.1, 0.15) is 11.3 Å². The first-order valence-corrected chi connectivity index (χ1v) is 7.06. The van der Waals surface area contributed by atoms with Gasteiger partial charge in [0.25, 0.3) is 0 Å². The van der Waals surface area contributed by atoms with Crippen LogP contribution in [0.2, 0.25) is 0 Å². The van der Waals surface area contributed by atoms with Gasteiger partial charge in [-0.05, 0) is 39.3 Å². The van der Waals surface area contributed by atoms with Crippen LogP contribution in [0.1, 0.15) is 38.0 Å². The Bertz CT molecular complexity index is 585. The summed E-state index contributed by atoms with van der Waals surface area (Å²) in [6.45, 7) is 7.18. The van der Waals surface area contributed by atoms with Crippen molar-refractivity contribution < 1.29 is 4.42 Å². The molecule has 0 saturated carbocycles. The molecule has 3 heteroatoms. The number of para-hydroxylation sites is 1. The molecule has 3 nitrogen and oxygen atoms in total. The topological polar surface area (TPSA) is 42.4 Å². The molecule has 3 rings (SSSR count). The Hall–Kier alpha value is -1.32. The summed E-state index contributed by atoms with van der Waals surface area (Å²) < 4.78 is 6.02. The minimum Gasteiger partial charge on any atom is -0.459 e. The average molecular weight is 258 g/mol. The molecule has 19 heavy (non-hydrogen) atoms. The minimum atomic E-state index is 0.269. The second kappa shape index (κ2) is 4.66. The van der Waals surface area contributed by atoms with Crippen molar-refractivity contribution in [3.05, 3.63) is 35.6 Å². The van der Waals surface area contributed by atoms with Gasteiger partial charge in [-0.1, -0.05) is 18.2 Å². The van der Waals surface area contributed by atoms with E-state index in [1.165, 1.54) is 18.4 Å². The lowest BCUT2D eigenvalue weighted by molar-refractivity contribution is 0.155. The summed E-state index contributed by atoms with van der Waals surface area (Å²) in [5.74, 6) is 1.04. The molecule has 0 unspecified atom stereocenters. The van der Waals surface area contributed by atoms with Crippen molar-refractivity contribution in [1.82, 2.24) is 4.90 Å². The fraction of sp³-hybridized carbons (Fsp3) is 0.500. The van der Waals surface area contributed by atoms with Crippen molar-refractivity contribution in [2.45, 2.75) is 45.3 Å². The lowest BCUT2D eigenvalue weighted by atomic mass is 10.0. The third-order valence-electron chi connectivity index (χ3n) is 4.39. The van der Waals surface area contributed by atoms with Gasteiger partial charge in [0.2, 0.25) is 0 Å². The van der Waals surface area contributed by atoms with Gasteiger partial charge in [-0.15, -0.1) is 0 Å². The molecule has 1 saturated heterocycles. The van der Waals surface area contributed by atoms with Crippen molar-refractivity contribution in [1.29, 1.82) is 0 Å². The molecule has 0 amide bonds. The normalized spacial score (nSPS) is 19.3. The van der Waals surface area contributed by atoms with Gasteiger partial charge in [0, 0.05) is 23.0 Å². The Labute approximate surface area is 114 Å². The summed E-state index contributed by atoms with van der Waals surface area (Å²) in [5.41, 5.74) is 8.31. The van der Waals surface area contributed by atoms with Gasteiger partial charge in [-0.2, -0.15) is 0 Å². The highest BCUT2D eigenvalue weighted by atomic mass is 16.3. The molecule has 0 radical (unpaired) electrons. The minimum absolute atomic E-state index is 0.269. The lowest BCUT2D eigenvalue weighted by Gasteiger charge is -2.30. The number of furan rings is 1. The van der Waals surface area contributed by atoms with Crippen LogP contribution in [0.25, 0.3) is 11.0 Å². The summed E-state index contributed by atoms with van der Waals surface area (Å²) in [7, 11) is 0. The standard InChI is InChI=1S/C16H22N2O/c1-16(2)8-5-9-18(16)11-15-13(10-17)12-6-3-4-7-14(12)19-15/h3-4,6-7H,5,8-11,17H2,1-2H3. The van der Waals surface area contributed by atoms with E-state index in [4.69, 9.17) is 10.2 Å². The molecular weight excluding hydrogens is 236 g/mol. The van der Waals surface area contributed by atoms with Crippen molar-refractivity contribution in [3.63, 3.8) is 0 Å². The highest BCUT2D eigenvalue weighted by Crippen LogP contribution is 2.33. The van der Waals surface area contributed by atoms with Gasteiger partial charge in [-0.25, -0.2) is 0 Å². The maximum absolute atomic E-state index is 6.02. The Balaban J connectivity index is 1.96. The third-order valence-corrected chi connectivity index (χ3v) is 4.39. The monoisotopic (exact) mass is 258 g/mol. The van der Waals surface area contributed by atoms with Crippen LogP contribution in [0.3, 0.4) is 0 Å². The number of fused-ring (bicyclic) bond motifs is 1. The number of likely N-dealkylation sites (tertiary alicyclic amines) is 1. The number of rotatable bonds is 3. The Kier molecular flexibility index (Phi) is 3.11. The van der Waals surface area contributed by atoms with E-state index in [2.05, 4.69) is 24.8 Å². The number of nitrogens with two attached hydrogens (primary N) is 1. The number of hydrogen-bond donors (Lipinski definition) is 1.